The van der Waals surface area contributed by atoms with Gasteiger partial charge in [0.1, 0.15) is 65.2 Å². The topological polar surface area (TPSA) is 609 Å². The lowest BCUT2D eigenvalue weighted by atomic mass is 9.77. The number of rotatable bonds is 34. The molecular formula is C93H119B6N11O29S3. The number of oxime groups is 3. The lowest BCUT2D eigenvalue weighted by molar-refractivity contribution is -0.121. The molecule has 12 rings (SSSR count). The maximum absolute atomic E-state index is 12.6. The second-order valence-electron chi connectivity index (χ2n) is 33.1. The summed E-state index contributed by atoms with van der Waals surface area (Å²) in [6, 6.07) is 28.7. The molecule has 10 heterocycles. The third-order valence-corrected chi connectivity index (χ3v) is 23.3. The van der Waals surface area contributed by atoms with Crippen LogP contribution in [-0.2, 0) is 114 Å². The smallest absolute Gasteiger partial charge is 0.478 e. The van der Waals surface area contributed by atoms with E-state index in [1.54, 1.807) is 165 Å². The van der Waals surface area contributed by atoms with Gasteiger partial charge in [-0.15, -0.1) is 34.0 Å². The number of nitrogen functional groups attached to an aromatic ring is 1. The highest BCUT2D eigenvalue weighted by molar-refractivity contribution is 7.13. The van der Waals surface area contributed by atoms with Gasteiger partial charge in [-0.2, -0.15) is 0 Å². The molecule has 0 unspecified atom stereocenters. The van der Waals surface area contributed by atoms with E-state index in [1.807, 2.05) is 22.9 Å². The third-order valence-electron chi connectivity index (χ3n) is 20.7. The molecule has 40 nitrogen and oxygen atoms in total. The second kappa shape index (κ2) is 62.2. The largest absolute Gasteiger partial charge is 0.508 e. The van der Waals surface area contributed by atoms with Crippen LogP contribution in [0.15, 0.2) is 208 Å². The fourth-order valence-corrected chi connectivity index (χ4v) is 16.2. The summed E-state index contributed by atoms with van der Waals surface area (Å²) in [5, 5.41) is 121. The lowest BCUT2D eigenvalue weighted by Gasteiger charge is -2.20. The summed E-state index contributed by atoms with van der Waals surface area (Å²) in [7, 11) is -7.25. The number of nitrogens with two attached hydrogens (primary N) is 1. The second-order valence-corrected chi connectivity index (χ2v) is 35.9. The number of nitrogens with one attached hydrogen (secondary N) is 6. The van der Waals surface area contributed by atoms with Gasteiger partial charge in [-0.1, -0.05) is 143 Å². The molecule has 0 radical (unpaired) electrons. The van der Waals surface area contributed by atoms with Crippen molar-refractivity contribution in [1.29, 1.82) is 0 Å². The maximum Gasteiger partial charge on any atom is 0.478 e. The van der Waals surface area contributed by atoms with E-state index in [0.717, 1.165) is 0 Å². The Balaban J connectivity index is 0.000000231. The van der Waals surface area contributed by atoms with Crippen LogP contribution in [0.3, 0.4) is 0 Å². The first-order chi connectivity index (χ1) is 67.8. The molecule has 0 fully saturated rings. The summed E-state index contributed by atoms with van der Waals surface area (Å²) in [6.07, 6.45) is 21.7. The molecule has 0 saturated carbocycles. The van der Waals surface area contributed by atoms with Gasteiger partial charge < -0.3 is 121 Å². The van der Waals surface area contributed by atoms with Crippen LogP contribution in [0.1, 0.15) is 164 Å². The number of hydrogen-bond acceptors (Lipinski definition) is 37. The van der Waals surface area contributed by atoms with Gasteiger partial charge >= 0.3 is 42.7 Å². The molecule has 12 atom stereocenters. The van der Waals surface area contributed by atoms with Crippen molar-refractivity contribution in [2.75, 3.05) is 18.9 Å². The fraction of sp³-hybridized carbons (Fsp3) is 0.398. The van der Waals surface area contributed by atoms with Crippen LogP contribution in [0.4, 0.5) is 5.82 Å². The lowest BCUT2D eigenvalue weighted by Crippen LogP contribution is -2.50. The van der Waals surface area contributed by atoms with Crippen LogP contribution in [-0.4, -0.2) is 266 Å². The molecule has 4 aromatic heterocycles. The molecule has 6 aliphatic heterocycles. The van der Waals surface area contributed by atoms with Crippen LogP contribution in [0.25, 0.3) is 0 Å². The molecule has 142 heavy (non-hydrogen) atoms. The number of aromatic hydroxyl groups is 2. The zero-order valence-electron chi connectivity index (χ0n) is 79.7. The number of para-hydroxylation sites is 1. The predicted molar refractivity (Wildman–Crippen MR) is 537 cm³/mol. The standard InChI is InChI=1S/2C16H21BN2O5S.2C16H20BNO5.C15H20BN3O4.C14H17BN2O5S/c2*1-3-23-19-15(13-7-5-9-25-13)16(21)18-14-8-4-6-12(10-11(2)20)24-17(14)22;1-11(19)8-14-6-3-7-15(17(22)23-14)18-16(21)10-12-4-2-5-13(20)9-12;1-11(19)9-13-6-4-8-15(17(22)23-13)18-16(21)10-12-5-2-3-7-14(12)20;1-10(20)8-12-5-3-6-13(16(22)23-12)19-15(21)9-11-4-2-7-14(17)18-11;1-9(18)8-10-4-2-6-12(15(20)22-10)16-14(19)13(17-21)11-5-3-7-23-11/h2*4-7,9,12,14,22H,3,8,10H2,1-2H3,(H,18,21);2-6,9,14-15,20,22H,7-8,10H2,1H3,(H,18,21);2-7,13,15,20,22H,8-10H2,1H3,(H,18,21);2-5,7,12-13,22H,6,8-9H2,1H3,(H2,17,18)(H,19,21);2-5,7,10,12,20-21H,6,8H2,1H3,(H,16,19)/b19-15+;19-15-;;;;17-13-/t2*12-,14+;14-,15+;13-,15+;12-,13+;10-,12+/m111111/s1. The summed E-state index contributed by atoms with van der Waals surface area (Å²) in [5.41, 5.74) is 7.50. The van der Waals surface area contributed by atoms with Gasteiger partial charge in [0, 0.05) is 44.1 Å². The van der Waals surface area contributed by atoms with E-state index in [9.17, 15) is 97.9 Å². The van der Waals surface area contributed by atoms with Gasteiger partial charge in [-0.3, -0.25) is 57.5 Å². The van der Waals surface area contributed by atoms with Gasteiger partial charge in [0.25, 0.3) is 17.7 Å². The summed E-state index contributed by atoms with van der Waals surface area (Å²) < 4.78 is 32.5. The van der Waals surface area contributed by atoms with Crippen molar-refractivity contribution in [3.8, 4) is 11.5 Å². The third kappa shape index (κ3) is 43.2. The zero-order chi connectivity index (χ0) is 104. The first kappa shape index (κ1) is 117. The number of pyridine rings is 1. The number of phenols is 2. The quantitative estimate of drug-likeness (QED) is 0.00835. The van der Waals surface area contributed by atoms with E-state index in [2.05, 4.69) is 52.4 Å². The van der Waals surface area contributed by atoms with Gasteiger partial charge in [0.2, 0.25) is 17.7 Å². The van der Waals surface area contributed by atoms with Crippen molar-refractivity contribution in [3.05, 3.63) is 224 Å². The molecule has 2 aromatic carbocycles. The molecule has 0 aliphatic carbocycles. The number of Topliss-reactive ketones (excluding diaryl/α,β-unsaturated/α-hetero) is 6. The Labute approximate surface area is 836 Å². The molecule has 0 spiro atoms. The summed E-state index contributed by atoms with van der Waals surface area (Å²) in [4.78, 5) is 157. The van der Waals surface area contributed by atoms with Crippen LogP contribution < -0.4 is 37.6 Å². The number of thiophene rings is 3. The monoisotopic (exact) mass is 2020 g/mol. The number of nitrogens with zero attached hydrogens (tertiary/aromatic N) is 4. The van der Waals surface area contributed by atoms with Crippen molar-refractivity contribution < 1.29 is 141 Å². The average Bonchev–Trinajstić information content (AvgIpc) is 1.68. The highest BCUT2D eigenvalue weighted by Gasteiger charge is 2.40. The van der Waals surface area contributed by atoms with Gasteiger partial charge in [0.15, 0.2) is 17.1 Å². The van der Waals surface area contributed by atoms with Crippen molar-refractivity contribution in [2.45, 2.75) is 224 Å². The number of hydrogen-bond donors (Lipinski definition) is 16. The van der Waals surface area contributed by atoms with Gasteiger partial charge in [0.05, 0.1) is 112 Å². The minimum Gasteiger partial charge on any atom is -0.508 e. The SMILES string of the molecule is CC(=O)C[C@H]1C=CC[C@H](NC(=O)/C(=N\O)c2cccs2)B(O)O1.CC(=O)C[C@H]1C=CC[C@H](NC(=O)Cc2cccc(N)n2)B(O)O1.CC(=O)C[C@H]1C=CC[C@H](NC(=O)Cc2cccc(O)c2)B(O)O1.CC(=O)C[C@H]1C=CC[C@H](NC(=O)Cc2ccccc2O)B(O)O1.CCO/N=C(/C(=O)N[C@H]1CC=C[C@H](CC(C)=O)OB1O)c1cccs1.CCO/N=C(\C(=O)N[C@H]1CC=C[C@H](CC(C)=O)OB1O)c1cccs1. The number of benzene rings is 2. The van der Waals surface area contributed by atoms with E-state index in [-0.39, 0.29) is 139 Å². The number of anilines is 1. The molecule has 6 aliphatic rings. The highest BCUT2D eigenvalue weighted by atomic mass is 32.1. The molecule has 6 aromatic rings. The van der Waals surface area contributed by atoms with Crippen molar-refractivity contribution in [3.63, 3.8) is 0 Å². The molecule has 17 N–H and O–H groups in total. The Bertz CT molecular complexity index is 5190. The van der Waals surface area contributed by atoms with Crippen molar-refractivity contribution in [1.82, 2.24) is 36.9 Å². The summed E-state index contributed by atoms with van der Waals surface area (Å²) in [5.74, 6) is -5.85. The maximum atomic E-state index is 12.6. The number of amides is 6. The van der Waals surface area contributed by atoms with E-state index >= 15 is 0 Å². The van der Waals surface area contributed by atoms with E-state index in [0.29, 0.717) is 89.0 Å². The van der Waals surface area contributed by atoms with E-state index in [1.165, 1.54) is 93.8 Å². The van der Waals surface area contributed by atoms with Crippen molar-refractivity contribution in [2.24, 2.45) is 15.5 Å². The number of carbonyl (C=O) groups is 12. The molecule has 0 saturated heterocycles. The Morgan fingerprint density at radius 2 is 0.690 bits per heavy atom. The summed E-state index contributed by atoms with van der Waals surface area (Å²) in [6.45, 7) is 13.0. The van der Waals surface area contributed by atoms with Crippen molar-refractivity contribution >= 4 is 170 Å². The number of carbonyl (C=O) groups excluding carboxylic acids is 12. The van der Waals surface area contributed by atoms with Crippen LogP contribution in [0, 0.1) is 0 Å². The average molecular weight is 2020 g/mol. The first-order valence-electron chi connectivity index (χ1n) is 45.6. The Morgan fingerprint density at radius 1 is 0.387 bits per heavy atom. The number of ketones is 6. The van der Waals surface area contributed by atoms with Crippen LogP contribution >= 0.6 is 34.0 Å². The Hall–Kier alpha value is -12.3. The fourth-order valence-electron chi connectivity index (χ4n) is 14.1. The molecule has 756 valence electrons. The molecular weight excluding hydrogens is 1900 g/mol. The molecule has 6 amide bonds. The highest BCUT2D eigenvalue weighted by Crippen LogP contribution is 2.24. The van der Waals surface area contributed by atoms with Gasteiger partial charge in [-0.25, -0.2) is 4.98 Å². The van der Waals surface area contributed by atoms with E-state index in [4.69, 9.17) is 48.5 Å². The number of phenolic OH excluding ortho intramolecular Hbond substituents is 2. The normalized spacial score (nSPS) is 21.0. The van der Waals surface area contributed by atoms with Crippen LogP contribution in [0.5, 0.6) is 11.5 Å². The van der Waals surface area contributed by atoms with Gasteiger partial charge in [-0.05, 0) is 164 Å². The number of aromatic nitrogens is 1. The summed E-state index contributed by atoms with van der Waals surface area (Å²) >= 11 is 4.00. The predicted octanol–water partition coefficient (Wildman–Crippen LogP) is 4.95. The Kier molecular flexibility index (Phi) is 51.1. The first-order valence-corrected chi connectivity index (χ1v) is 48.3. The van der Waals surface area contributed by atoms with Crippen LogP contribution in [0.2, 0.25) is 0 Å². The minimum atomic E-state index is -1.26. The Morgan fingerprint density at radius 3 is 0.986 bits per heavy atom. The molecule has 49 heteroatoms. The molecule has 0 bridgehead atoms. The zero-order valence-corrected chi connectivity index (χ0v) is 82.1. The minimum absolute atomic E-state index is 0.0104. The van der Waals surface area contributed by atoms with E-state index < -0.39 is 133 Å².